The molecule has 32 heavy (non-hydrogen) atoms. The fraction of sp³-hybridized carbons (Fsp3) is 0.615. The zero-order chi connectivity index (χ0) is 23.7. The lowest BCUT2D eigenvalue weighted by molar-refractivity contribution is -0.0296. The second kappa shape index (κ2) is 7.62. The summed E-state index contributed by atoms with van der Waals surface area (Å²) in [6.07, 6.45) is 0.111. The lowest BCUT2D eigenvalue weighted by atomic mass is 10.0. The molecular formula is C13H20N5O11P3. The zero-order valence-corrected chi connectivity index (χ0v) is 18.7. The van der Waals surface area contributed by atoms with Crippen LogP contribution in [0.25, 0.3) is 11.2 Å². The summed E-state index contributed by atoms with van der Waals surface area (Å²) in [4.78, 5) is 48.8. The van der Waals surface area contributed by atoms with Gasteiger partial charge in [0, 0.05) is 5.41 Å². The first-order valence-electron chi connectivity index (χ1n) is 9.00. The third-order valence-corrected chi connectivity index (χ3v) is 10.9. The van der Waals surface area contributed by atoms with Crippen molar-refractivity contribution in [1.82, 2.24) is 19.5 Å². The van der Waals surface area contributed by atoms with Gasteiger partial charge in [0.05, 0.1) is 25.1 Å². The second-order valence-electron chi connectivity index (χ2n) is 7.82. The van der Waals surface area contributed by atoms with Crippen molar-refractivity contribution in [3.63, 3.8) is 0 Å². The third kappa shape index (κ3) is 4.29. The average molecular weight is 515 g/mol. The first kappa shape index (κ1) is 23.9. The number of anilines is 1. The first-order chi connectivity index (χ1) is 14.7. The molecule has 2 aromatic rings. The van der Waals surface area contributed by atoms with Gasteiger partial charge in [-0.2, -0.15) is 0 Å². The van der Waals surface area contributed by atoms with Crippen molar-refractivity contribution in [3.8, 4) is 0 Å². The number of hydrogen-bond donors (Lipinski definition) is 7. The molecule has 2 fully saturated rings. The van der Waals surface area contributed by atoms with Gasteiger partial charge in [0.1, 0.15) is 17.9 Å². The smallest absolute Gasteiger partial charge is 0.390 e. The number of aliphatic hydroxyl groups is 2. The lowest BCUT2D eigenvalue weighted by Gasteiger charge is -2.24. The van der Waals surface area contributed by atoms with Gasteiger partial charge in [0.15, 0.2) is 17.4 Å². The van der Waals surface area contributed by atoms with E-state index in [0.29, 0.717) is 11.2 Å². The van der Waals surface area contributed by atoms with Gasteiger partial charge in [-0.25, -0.2) is 23.8 Å². The molecule has 0 radical (unpaired) electrons. The van der Waals surface area contributed by atoms with E-state index in [9.17, 15) is 33.7 Å². The zero-order valence-electron chi connectivity index (χ0n) is 16.0. The predicted molar refractivity (Wildman–Crippen MR) is 105 cm³/mol. The Hall–Kier alpha value is -1.28. The number of phosphoric acid groups is 1. The minimum Gasteiger partial charge on any atom is -0.390 e. The van der Waals surface area contributed by atoms with E-state index in [4.69, 9.17) is 20.0 Å². The Kier molecular flexibility index (Phi) is 5.68. The van der Waals surface area contributed by atoms with Gasteiger partial charge in [-0.05, 0) is 12.3 Å². The highest BCUT2D eigenvalue weighted by Crippen LogP contribution is 2.70. The Morgan fingerprint density at radius 2 is 1.84 bits per heavy atom. The summed E-state index contributed by atoms with van der Waals surface area (Å²) in [7, 11) is -15.4. The fourth-order valence-corrected chi connectivity index (χ4v) is 8.68. The quantitative estimate of drug-likeness (QED) is 0.211. The molecule has 2 saturated carbocycles. The van der Waals surface area contributed by atoms with E-state index < -0.39 is 65.1 Å². The summed E-state index contributed by atoms with van der Waals surface area (Å²) in [5, 5.41) is 21.2. The highest BCUT2D eigenvalue weighted by atomic mass is 31.3. The topological polar surface area (TPSA) is 261 Å². The number of nitrogen functional groups attached to an aromatic ring is 1. The molecule has 2 aliphatic carbocycles. The molecule has 8 N–H and O–H groups in total. The molecule has 0 aromatic carbocycles. The van der Waals surface area contributed by atoms with Crippen LogP contribution in [0, 0.1) is 11.3 Å². The van der Waals surface area contributed by atoms with Crippen LogP contribution in [0.15, 0.2) is 12.7 Å². The van der Waals surface area contributed by atoms with Crippen LogP contribution in [-0.2, 0) is 22.5 Å². The van der Waals surface area contributed by atoms with Crippen molar-refractivity contribution in [1.29, 1.82) is 0 Å². The molecule has 4 rings (SSSR count). The number of rotatable bonds is 8. The highest BCUT2D eigenvalue weighted by Gasteiger charge is 2.72. The van der Waals surface area contributed by atoms with Crippen molar-refractivity contribution in [2.75, 3.05) is 18.2 Å². The maximum Gasteiger partial charge on any atom is 0.479 e. The highest BCUT2D eigenvalue weighted by molar-refractivity contribution is 7.73. The predicted octanol–water partition coefficient (Wildman–Crippen LogP) is -0.855. The van der Waals surface area contributed by atoms with Gasteiger partial charge >= 0.3 is 23.0 Å². The normalized spacial score (nSPS) is 33.6. The molecule has 2 aromatic heterocycles. The van der Waals surface area contributed by atoms with Crippen LogP contribution in [0.4, 0.5) is 5.82 Å². The van der Waals surface area contributed by atoms with E-state index in [-0.39, 0.29) is 12.2 Å². The number of phosphoric ester groups is 1. The first-order valence-corrected chi connectivity index (χ1v) is 14.1. The summed E-state index contributed by atoms with van der Waals surface area (Å²) in [6, 6.07) is -0.731. The second-order valence-corrected chi connectivity index (χ2v) is 13.4. The van der Waals surface area contributed by atoms with Crippen LogP contribution >= 0.6 is 23.0 Å². The summed E-state index contributed by atoms with van der Waals surface area (Å²) in [6.45, 7) is -0.639. The maximum absolute atomic E-state index is 12.1. The van der Waals surface area contributed by atoms with Crippen molar-refractivity contribution in [2.45, 2.75) is 24.7 Å². The fourth-order valence-electron chi connectivity index (χ4n) is 4.26. The summed E-state index contributed by atoms with van der Waals surface area (Å²) >= 11 is 0. The summed E-state index contributed by atoms with van der Waals surface area (Å²) in [5.41, 5.74) is 5.19. The largest absolute Gasteiger partial charge is 0.479 e. The molecule has 19 heteroatoms. The minimum atomic E-state index is -5.25. The Bertz CT molecular complexity index is 1200. The van der Waals surface area contributed by atoms with Crippen molar-refractivity contribution in [3.05, 3.63) is 12.7 Å². The van der Waals surface area contributed by atoms with Gasteiger partial charge in [-0.15, -0.1) is 0 Å². The van der Waals surface area contributed by atoms with Gasteiger partial charge in [0.2, 0.25) is 0 Å². The molecule has 0 aliphatic heterocycles. The Labute approximate surface area is 179 Å². The minimum absolute atomic E-state index is 0.120. The molecule has 0 saturated heterocycles. The number of imidazole rings is 1. The van der Waals surface area contributed by atoms with E-state index in [1.807, 2.05) is 0 Å². The molecule has 0 amide bonds. The van der Waals surface area contributed by atoms with Crippen LogP contribution in [0.5, 0.6) is 0 Å². The molecule has 16 nitrogen and oxygen atoms in total. The molecular weight excluding hydrogens is 495 g/mol. The number of aliphatic hydroxyl groups excluding tert-OH is 2. The third-order valence-electron chi connectivity index (χ3n) is 5.65. The maximum atomic E-state index is 12.1. The van der Waals surface area contributed by atoms with Crippen LogP contribution in [0.1, 0.15) is 12.5 Å². The van der Waals surface area contributed by atoms with Crippen LogP contribution in [0.2, 0.25) is 0 Å². The average Bonchev–Trinajstić information content (AvgIpc) is 3.12. The van der Waals surface area contributed by atoms with E-state index >= 15 is 0 Å². The standard InChI is InChI=1S/C13H20N5O11P3/c14-11-7-12(16-3-15-11)18(4-17-7)8-6-1-13(6,10(20)9(8)19)2-28-32(26,27)29-31(24,25)5-30(21,22)23/h3-4,6,8-10,19-20H,1-2,5H2,(H,24,25)(H,26,27)(H2,14,15,16)(H2,21,22,23)/t6-,8-,9+,10+,13?/m1/s1. The van der Waals surface area contributed by atoms with Gasteiger partial charge in [0.25, 0.3) is 0 Å². The summed E-state index contributed by atoms with van der Waals surface area (Å²) < 4.78 is 45.0. The van der Waals surface area contributed by atoms with Gasteiger partial charge < -0.3 is 40.1 Å². The van der Waals surface area contributed by atoms with Crippen molar-refractivity contribution in [2.24, 2.45) is 11.3 Å². The van der Waals surface area contributed by atoms with E-state index in [2.05, 4.69) is 19.3 Å². The van der Waals surface area contributed by atoms with Crippen LogP contribution in [0.3, 0.4) is 0 Å². The number of nitrogens with zero attached hydrogens (tertiary/aromatic N) is 4. The van der Waals surface area contributed by atoms with Crippen LogP contribution in [-0.4, -0.2) is 74.0 Å². The molecule has 2 aliphatic rings. The monoisotopic (exact) mass is 515 g/mol. The van der Waals surface area contributed by atoms with Gasteiger partial charge in [-0.1, -0.05) is 0 Å². The van der Waals surface area contributed by atoms with E-state index in [1.54, 1.807) is 0 Å². The van der Waals surface area contributed by atoms with Crippen molar-refractivity contribution < 1.29 is 52.3 Å². The van der Waals surface area contributed by atoms with Crippen LogP contribution < -0.4 is 5.73 Å². The Morgan fingerprint density at radius 3 is 2.50 bits per heavy atom. The molecule has 3 unspecified atom stereocenters. The molecule has 7 atom stereocenters. The molecule has 0 bridgehead atoms. The summed E-state index contributed by atoms with van der Waals surface area (Å²) in [5.74, 6) is -2.00. The number of nitrogens with two attached hydrogens (primary N) is 1. The van der Waals surface area contributed by atoms with E-state index in [0.717, 1.165) is 0 Å². The number of fused-ring (bicyclic) bond motifs is 2. The lowest BCUT2D eigenvalue weighted by Crippen LogP contribution is -2.35. The number of aromatic nitrogens is 4. The van der Waals surface area contributed by atoms with Crippen molar-refractivity contribution >= 4 is 40.0 Å². The molecule has 2 heterocycles. The Morgan fingerprint density at radius 1 is 1.16 bits per heavy atom. The molecule has 178 valence electrons. The van der Waals surface area contributed by atoms with E-state index in [1.165, 1.54) is 17.2 Å². The SMILES string of the molecule is Nc1ncnc2c1ncn2[C@H]1[C@H](O)[C@H](O)C2(COP(=O)(O)OP(=O)(O)CP(=O)(O)O)C[C@H]12. The van der Waals surface area contributed by atoms with Gasteiger partial charge in [-0.3, -0.25) is 13.7 Å². The molecule has 0 spiro atoms. The Balaban J connectivity index is 1.50. The number of hydrogen-bond acceptors (Lipinski definition) is 11.